The minimum Gasteiger partial charge on any atom is -0.340 e. The van der Waals surface area contributed by atoms with Crippen LogP contribution in [0.2, 0.25) is 0 Å². The summed E-state index contributed by atoms with van der Waals surface area (Å²) in [5.74, 6) is -0.486. The Hall–Kier alpha value is -1.49. The van der Waals surface area contributed by atoms with Crippen LogP contribution < -0.4 is 0 Å². The number of alkyl halides is 1. The topological polar surface area (TPSA) is 23.6 Å². The van der Waals surface area contributed by atoms with Crippen LogP contribution in [-0.4, -0.2) is 46.5 Å². The maximum atomic E-state index is 14.1. The molecule has 4 rings (SSSR count). The van der Waals surface area contributed by atoms with Gasteiger partial charge in [0.05, 0.1) is 0 Å². The summed E-state index contributed by atoms with van der Waals surface area (Å²) in [6.45, 7) is 3.07. The second-order valence-electron chi connectivity index (χ2n) is 7.99. The van der Waals surface area contributed by atoms with Gasteiger partial charge in [-0.2, -0.15) is 0 Å². The Balaban J connectivity index is 1.45. The molecule has 3 fully saturated rings. The SMILES string of the molecule is O=C(N1CCC[C@]2(CCCN2Cc2cccc(F)c2)CC1)C1(F)CC1. The van der Waals surface area contributed by atoms with Crippen molar-refractivity contribution in [2.24, 2.45) is 0 Å². The summed E-state index contributed by atoms with van der Waals surface area (Å²) >= 11 is 0. The number of hydrogen-bond donors (Lipinski definition) is 0. The standard InChI is InChI=1S/C20H26F2N2O/c21-17-5-1-4-16(14-17)15-24-12-3-7-19(24)6-2-11-23(13-10-19)18(25)20(22)8-9-20/h1,4-5,14H,2-3,6-13,15H2/t19-/m0/s1. The first-order valence-corrected chi connectivity index (χ1v) is 9.49. The Labute approximate surface area is 148 Å². The fourth-order valence-corrected chi connectivity index (χ4v) is 4.65. The van der Waals surface area contributed by atoms with E-state index in [0.717, 1.165) is 50.8 Å². The van der Waals surface area contributed by atoms with Crippen LogP contribution in [0.5, 0.6) is 0 Å². The third-order valence-electron chi connectivity index (χ3n) is 6.28. The highest BCUT2D eigenvalue weighted by Gasteiger charge is 2.53. The van der Waals surface area contributed by atoms with Crippen LogP contribution in [0.15, 0.2) is 24.3 Å². The van der Waals surface area contributed by atoms with Gasteiger partial charge in [-0.25, -0.2) is 8.78 Å². The third kappa shape index (κ3) is 3.31. The molecule has 5 heteroatoms. The minimum atomic E-state index is -1.56. The number of halogens is 2. The first-order chi connectivity index (χ1) is 12.0. The molecule has 0 unspecified atom stereocenters. The van der Waals surface area contributed by atoms with E-state index >= 15 is 0 Å². The van der Waals surface area contributed by atoms with Gasteiger partial charge in [-0.1, -0.05) is 12.1 Å². The second-order valence-corrected chi connectivity index (χ2v) is 7.99. The molecule has 25 heavy (non-hydrogen) atoms. The lowest BCUT2D eigenvalue weighted by molar-refractivity contribution is -0.138. The van der Waals surface area contributed by atoms with Crippen LogP contribution in [-0.2, 0) is 11.3 Å². The maximum absolute atomic E-state index is 14.1. The molecule has 136 valence electrons. The van der Waals surface area contributed by atoms with Crippen molar-refractivity contribution in [2.75, 3.05) is 19.6 Å². The van der Waals surface area contributed by atoms with Crippen molar-refractivity contribution in [3.8, 4) is 0 Å². The molecule has 3 nitrogen and oxygen atoms in total. The summed E-state index contributed by atoms with van der Waals surface area (Å²) in [4.78, 5) is 16.6. The Morgan fingerprint density at radius 1 is 1.04 bits per heavy atom. The molecule has 0 N–H and O–H groups in total. The van der Waals surface area contributed by atoms with Crippen molar-refractivity contribution in [3.05, 3.63) is 35.6 Å². The number of carbonyl (C=O) groups excluding carboxylic acids is 1. The monoisotopic (exact) mass is 348 g/mol. The lowest BCUT2D eigenvalue weighted by atomic mass is 9.87. The van der Waals surface area contributed by atoms with Gasteiger partial charge in [-0.05, 0) is 69.2 Å². The summed E-state index contributed by atoms with van der Waals surface area (Å²) in [5, 5.41) is 0. The van der Waals surface area contributed by atoms with E-state index in [1.54, 1.807) is 17.0 Å². The predicted molar refractivity (Wildman–Crippen MR) is 92.3 cm³/mol. The molecule has 1 aromatic rings. The lowest BCUT2D eigenvalue weighted by Gasteiger charge is -2.38. The van der Waals surface area contributed by atoms with Crippen LogP contribution in [0, 0.1) is 5.82 Å². The summed E-state index contributed by atoms with van der Waals surface area (Å²) in [5.41, 5.74) is -0.484. The maximum Gasteiger partial charge on any atom is 0.260 e. The minimum absolute atomic E-state index is 0.0778. The molecule has 1 amide bonds. The number of nitrogens with zero attached hydrogens (tertiary/aromatic N) is 2. The summed E-state index contributed by atoms with van der Waals surface area (Å²) in [6.07, 6.45) is 5.87. The molecule has 1 aliphatic carbocycles. The van der Waals surface area contributed by atoms with Gasteiger partial charge in [-0.15, -0.1) is 0 Å². The highest BCUT2D eigenvalue weighted by molar-refractivity contribution is 5.88. The van der Waals surface area contributed by atoms with Gasteiger partial charge < -0.3 is 4.90 Å². The molecule has 2 saturated heterocycles. The Morgan fingerprint density at radius 3 is 2.52 bits per heavy atom. The average Bonchev–Trinajstić information content (AvgIpc) is 3.28. The third-order valence-corrected chi connectivity index (χ3v) is 6.28. The fraction of sp³-hybridized carbons (Fsp3) is 0.650. The zero-order chi connectivity index (χ0) is 17.5. The molecule has 0 radical (unpaired) electrons. The van der Waals surface area contributed by atoms with Crippen LogP contribution in [0.25, 0.3) is 0 Å². The highest BCUT2D eigenvalue weighted by Crippen LogP contribution is 2.43. The quantitative estimate of drug-likeness (QED) is 0.832. The van der Waals surface area contributed by atoms with Gasteiger partial charge in [0.15, 0.2) is 5.67 Å². The van der Waals surface area contributed by atoms with E-state index in [1.807, 2.05) is 6.07 Å². The Kier molecular flexibility index (Phi) is 4.30. The van der Waals surface area contributed by atoms with E-state index in [-0.39, 0.29) is 17.3 Å². The lowest BCUT2D eigenvalue weighted by Crippen LogP contribution is -2.45. The zero-order valence-electron chi connectivity index (χ0n) is 14.6. The average molecular weight is 348 g/mol. The molecule has 0 aromatic heterocycles. The van der Waals surface area contributed by atoms with Crippen molar-refractivity contribution >= 4 is 5.91 Å². The Bertz CT molecular complexity index is 661. The zero-order valence-corrected chi connectivity index (χ0v) is 14.6. The Morgan fingerprint density at radius 2 is 1.80 bits per heavy atom. The van der Waals surface area contributed by atoms with Crippen LogP contribution in [0.4, 0.5) is 8.78 Å². The summed E-state index contributed by atoms with van der Waals surface area (Å²) in [6, 6.07) is 6.82. The molecular formula is C20H26F2N2O. The molecule has 3 aliphatic rings. The van der Waals surface area contributed by atoms with Gasteiger partial charge in [-0.3, -0.25) is 9.69 Å². The van der Waals surface area contributed by atoms with Crippen molar-refractivity contribution in [1.82, 2.24) is 9.80 Å². The smallest absolute Gasteiger partial charge is 0.260 e. The van der Waals surface area contributed by atoms with E-state index in [2.05, 4.69) is 4.90 Å². The summed E-state index contributed by atoms with van der Waals surface area (Å²) in [7, 11) is 0. The number of benzene rings is 1. The summed E-state index contributed by atoms with van der Waals surface area (Å²) < 4.78 is 27.6. The van der Waals surface area contributed by atoms with E-state index < -0.39 is 5.67 Å². The number of carbonyl (C=O) groups is 1. The number of hydrogen-bond acceptors (Lipinski definition) is 2. The molecule has 2 aliphatic heterocycles. The van der Waals surface area contributed by atoms with Gasteiger partial charge in [0.1, 0.15) is 5.82 Å². The van der Waals surface area contributed by atoms with Crippen molar-refractivity contribution in [2.45, 2.75) is 62.7 Å². The van der Waals surface area contributed by atoms with Gasteiger partial charge in [0.2, 0.25) is 0 Å². The fourth-order valence-electron chi connectivity index (χ4n) is 4.65. The second kappa shape index (κ2) is 6.35. The van der Waals surface area contributed by atoms with Crippen LogP contribution in [0.1, 0.15) is 50.5 Å². The van der Waals surface area contributed by atoms with Crippen molar-refractivity contribution in [1.29, 1.82) is 0 Å². The molecule has 2 heterocycles. The predicted octanol–water partition coefficient (Wildman–Crippen LogP) is 3.67. The largest absolute Gasteiger partial charge is 0.340 e. The van der Waals surface area contributed by atoms with E-state index in [0.29, 0.717) is 25.9 Å². The number of likely N-dealkylation sites (tertiary alicyclic amines) is 2. The normalized spacial score (nSPS) is 29.0. The molecule has 1 spiro atoms. The molecule has 1 atom stereocenters. The highest BCUT2D eigenvalue weighted by atomic mass is 19.1. The van der Waals surface area contributed by atoms with E-state index in [4.69, 9.17) is 0 Å². The van der Waals surface area contributed by atoms with E-state index in [1.165, 1.54) is 6.07 Å². The van der Waals surface area contributed by atoms with Crippen molar-refractivity contribution < 1.29 is 13.6 Å². The molecule has 0 bridgehead atoms. The van der Waals surface area contributed by atoms with Gasteiger partial charge in [0.25, 0.3) is 5.91 Å². The first-order valence-electron chi connectivity index (χ1n) is 9.49. The van der Waals surface area contributed by atoms with Gasteiger partial charge >= 0.3 is 0 Å². The van der Waals surface area contributed by atoms with Crippen molar-refractivity contribution in [3.63, 3.8) is 0 Å². The molecular weight excluding hydrogens is 322 g/mol. The van der Waals surface area contributed by atoms with Gasteiger partial charge in [0, 0.05) is 25.2 Å². The molecule has 1 saturated carbocycles. The van der Waals surface area contributed by atoms with E-state index in [9.17, 15) is 13.6 Å². The van der Waals surface area contributed by atoms with Crippen LogP contribution in [0.3, 0.4) is 0 Å². The molecule has 1 aromatic carbocycles. The number of rotatable bonds is 3. The first kappa shape index (κ1) is 17.0. The van der Waals surface area contributed by atoms with Crippen LogP contribution >= 0.6 is 0 Å². The number of amides is 1.